The second kappa shape index (κ2) is 7.64. The molecule has 2 N–H and O–H groups in total. The largest absolute Gasteiger partial charge is 0.457 e. The van der Waals surface area contributed by atoms with Gasteiger partial charge in [-0.05, 0) is 36.6 Å². The number of esters is 1. The van der Waals surface area contributed by atoms with Crippen molar-refractivity contribution in [3.8, 4) is 23.3 Å². The van der Waals surface area contributed by atoms with Gasteiger partial charge < -0.3 is 24.6 Å². The van der Waals surface area contributed by atoms with Crippen LogP contribution in [0.1, 0.15) is 48.7 Å². The highest BCUT2D eigenvalue weighted by molar-refractivity contribution is 6.00. The van der Waals surface area contributed by atoms with Crippen LogP contribution in [0.3, 0.4) is 0 Å². The molecule has 0 spiro atoms. The van der Waals surface area contributed by atoms with E-state index in [-0.39, 0.29) is 25.8 Å². The van der Waals surface area contributed by atoms with Crippen LogP contribution >= 0.6 is 0 Å². The van der Waals surface area contributed by atoms with Crippen LogP contribution in [-0.4, -0.2) is 29.4 Å². The van der Waals surface area contributed by atoms with E-state index < -0.39 is 16.9 Å². The molecule has 0 saturated carbocycles. The Kier molecular flexibility index (Phi) is 5.11. The molecule has 0 radical (unpaired) electrons. The molecule has 1 atom stereocenters. The molecule has 2 heterocycles. The van der Waals surface area contributed by atoms with Gasteiger partial charge in [-0.1, -0.05) is 31.9 Å². The number of hydrogen-bond donors (Lipinski definition) is 2. The van der Waals surface area contributed by atoms with Gasteiger partial charge in [-0.3, -0.25) is 4.79 Å². The Morgan fingerprint density at radius 2 is 2.00 bits per heavy atom. The van der Waals surface area contributed by atoms with Gasteiger partial charge in [0.2, 0.25) is 12.4 Å². The molecular weight excluding hydrogens is 398 g/mol. The summed E-state index contributed by atoms with van der Waals surface area (Å²) < 4.78 is 16.1. The van der Waals surface area contributed by atoms with E-state index in [0.717, 1.165) is 5.56 Å². The Morgan fingerprint density at radius 3 is 2.77 bits per heavy atom. The zero-order valence-corrected chi connectivity index (χ0v) is 17.6. The molecule has 2 aromatic rings. The molecule has 7 nitrogen and oxygen atoms in total. The van der Waals surface area contributed by atoms with Gasteiger partial charge in [-0.2, -0.15) is 0 Å². The third-order valence-electron chi connectivity index (χ3n) is 5.47. The van der Waals surface area contributed by atoms with E-state index in [1.54, 1.807) is 25.1 Å². The molecule has 160 valence electrons. The van der Waals surface area contributed by atoms with Crippen molar-refractivity contribution in [1.82, 2.24) is 0 Å². The minimum absolute atomic E-state index is 0.0268. The zero-order chi connectivity index (χ0) is 22.2. The van der Waals surface area contributed by atoms with Crippen LogP contribution in [0.25, 0.3) is 0 Å². The lowest BCUT2D eigenvalue weighted by Gasteiger charge is -2.33. The summed E-state index contributed by atoms with van der Waals surface area (Å²) in [5.74, 6) is 5.56. The standard InChI is InChI=1S/C24H23NO6/c1-4-10-24(28,13-23(2,3)18-6-5-7-19-20(18)31-14-30-19)22(27)25-16-8-9-17-15(11-16)12-29-21(17)26/h5-9,11,28H,12-14H2,1-3H3,(H,25,27). The molecule has 31 heavy (non-hydrogen) atoms. The van der Waals surface area contributed by atoms with Gasteiger partial charge in [0.1, 0.15) is 6.61 Å². The van der Waals surface area contributed by atoms with E-state index in [1.165, 1.54) is 0 Å². The second-order valence-electron chi connectivity index (χ2n) is 8.24. The highest BCUT2D eigenvalue weighted by Crippen LogP contribution is 2.44. The fourth-order valence-corrected chi connectivity index (χ4v) is 4.03. The SMILES string of the molecule is CC#CC(O)(CC(C)(C)c1cccc2c1OCO2)C(=O)Nc1ccc2c(c1)COC2=O. The summed E-state index contributed by atoms with van der Waals surface area (Å²) in [5, 5.41) is 14.0. The fraction of sp³-hybridized carbons (Fsp3) is 0.333. The molecule has 0 aromatic heterocycles. The van der Waals surface area contributed by atoms with Crippen LogP contribution in [0, 0.1) is 11.8 Å². The third kappa shape index (κ3) is 3.82. The molecule has 0 saturated heterocycles. The second-order valence-corrected chi connectivity index (χ2v) is 8.24. The molecule has 0 fully saturated rings. The van der Waals surface area contributed by atoms with E-state index in [1.807, 2.05) is 32.0 Å². The van der Waals surface area contributed by atoms with E-state index in [9.17, 15) is 14.7 Å². The normalized spacial score (nSPS) is 15.9. The summed E-state index contributed by atoms with van der Waals surface area (Å²) in [7, 11) is 0. The van der Waals surface area contributed by atoms with Crippen molar-refractivity contribution in [2.24, 2.45) is 0 Å². The number of para-hydroxylation sites is 1. The first kappa shape index (κ1) is 20.8. The monoisotopic (exact) mass is 421 g/mol. The molecule has 2 aromatic carbocycles. The lowest BCUT2D eigenvalue weighted by molar-refractivity contribution is -0.130. The summed E-state index contributed by atoms with van der Waals surface area (Å²) in [6.45, 7) is 5.69. The van der Waals surface area contributed by atoms with Gasteiger partial charge in [0.05, 0.1) is 5.56 Å². The number of carbonyl (C=O) groups excluding carboxylic acids is 2. The van der Waals surface area contributed by atoms with Crippen LogP contribution in [0.2, 0.25) is 0 Å². The molecule has 2 aliphatic heterocycles. The van der Waals surface area contributed by atoms with Crippen molar-refractivity contribution in [3.63, 3.8) is 0 Å². The summed E-state index contributed by atoms with van der Waals surface area (Å²) in [4.78, 5) is 24.7. The number of benzene rings is 2. The lowest BCUT2D eigenvalue weighted by Crippen LogP contribution is -2.46. The average Bonchev–Trinajstić information content (AvgIpc) is 3.34. The number of fused-ring (bicyclic) bond motifs is 2. The number of ether oxygens (including phenoxy) is 3. The number of rotatable bonds is 5. The highest BCUT2D eigenvalue weighted by Gasteiger charge is 2.42. The number of aliphatic hydroxyl groups is 1. The van der Waals surface area contributed by atoms with E-state index in [0.29, 0.717) is 28.3 Å². The predicted molar refractivity (Wildman–Crippen MR) is 113 cm³/mol. The van der Waals surface area contributed by atoms with Crippen molar-refractivity contribution in [3.05, 3.63) is 53.1 Å². The van der Waals surface area contributed by atoms with E-state index in [4.69, 9.17) is 14.2 Å². The lowest BCUT2D eigenvalue weighted by atomic mass is 9.74. The number of cyclic esters (lactones) is 1. The van der Waals surface area contributed by atoms with Gasteiger partial charge in [-0.15, -0.1) is 5.92 Å². The molecule has 1 amide bonds. The molecule has 1 unspecified atom stereocenters. The maximum absolute atomic E-state index is 13.1. The summed E-state index contributed by atoms with van der Waals surface area (Å²) in [5.41, 5.74) is -0.180. The number of amides is 1. The van der Waals surface area contributed by atoms with E-state index in [2.05, 4.69) is 17.2 Å². The van der Waals surface area contributed by atoms with Crippen molar-refractivity contribution < 1.29 is 28.9 Å². The van der Waals surface area contributed by atoms with Crippen LogP contribution < -0.4 is 14.8 Å². The Bertz CT molecular complexity index is 1130. The number of hydrogen-bond acceptors (Lipinski definition) is 6. The van der Waals surface area contributed by atoms with Crippen molar-refractivity contribution in [2.75, 3.05) is 12.1 Å². The van der Waals surface area contributed by atoms with Crippen LogP contribution in [0.4, 0.5) is 5.69 Å². The van der Waals surface area contributed by atoms with Gasteiger partial charge in [0, 0.05) is 23.2 Å². The fourth-order valence-electron chi connectivity index (χ4n) is 4.03. The quantitative estimate of drug-likeness (QED) is 0.569. The minimum Gasteiger partial charge on any atom is -0.457 e. The first-order chi connectivity index (χ1) is 14.7. The average molecular weight is 421 g/mol. The number of carbonyl (C=O) groups is 2. The first-order valence-corrected chi connectivity index (χ1v) is 9.90. The maximum atomic E-state index is 13.1. The van der Waals surface area contributed by atoms with Crippen molar-refractivity contribution >= 4 is 17.6 Å². The number of anilines is 1. The van der Waals surface area contributed by atoms with Gasteiger partial charge in [0.25, 0.3) is 5.91 Å². The summed E-state index contributed by atoms with van der Waals surface area (Å²) >= 11 is 0. The first-order valence-electron chi connectivity index (χ1n) is 9.90. The van der Waals surface area contributed by atoms with Crippen LogP contribution in [0.15, 0.2) is 36.4 Å². The topological polar surface area (TPSA) is 94.1 Å². The Morgan fingerprint density at radius 1 is 1.19 bits per heavy atom. The molecule has 0 bridgehead atoms. The van der Waals surface area contributed by atoms with Crippen LogP contribution in [-0.2, 0) is 21.6 Å². The summed E-state index contributed by atoms with van der Waals surface area (Å²) in [6.07, 6.45) is 0.0268. The predicted octanol–water partition coefficient (Wildman–Crippen LogP) is 3.15. The molecule has 4 rings (SSSR count). The highest BCUT2D eigenvalue weighted by atomic mass is 16.7. The smallest absolute Gasteiger partial charge is 0.338 e. The van der Waals surface area contributed by atoms with Crippen LogP contribution in [0.5, 0.6) is 11.5 Å². The van der Waals surface area contributed by atoms with Gasteiger partial charge in [0.15, 0.2) is 11.5 Å². The van der Waals surface area contributed by atoms with E-state index >= 15 is 0 Å². The Balaban J connectivity index is 1.59. The molecular formula is C24H23NO6. The zero-order valence-electron chi connectivity index (χ0n) is 17.6. The number of nitrogens with one attached hydrogen (secondary N) is 1. The molecule has 7 heteroatoms. The Labute approximate surface area is 180 Å². The summed E-state index contributed by atoms with van der Waals surface area (Å²) in [6, 6.07) is 10.4. The molecule has 2 aliphatic rings. The Hall–Kier alpha value is -3.50. The van der Waals surface area contributed by atoms with Gasteiger partial charge >= 0.3 is 5.97 Å². The van der Waals surface area contributed by atoms with Gasteiger partial charge in [-0.25, -0.2) is 4.79 Å². The van der Waals surface area contributed by atoms with Crippen molar-refractivity contribution in [1.29, 1.82) is 0 Å². The maximum Gasteiger partial charge on any atom is 0.338 e. The third-order valence-corrected chi connectivity index (χ3v) is 5.47. The minimum atomic E-state index is -1.95. The van der Waals surface area contributed by atoms with Crippen molar-refractivity contribution in [2.45, 2.75) is 44.8 Å². The molecule has 0 aliphatic carbocycles.